The van der Waals surface area contributed by atoms with Gasteiger partial charge in [-0.15, -0.1) is 0 Å². The molecule has 4 rings (SSSR count). The molecule has 0 fully saturated rings. The molecule has 0 bridgehead atoms. The highest BCUT2D eigenvalue weighted by molar-refractivity contribution is 6.08. The number of carboxylic acid groups (broad SMARTS) is 1. The van der Waals surface area contributed by atoms with Crippen LogP contribution in [0.3, 0.4) is 0 Å². The number of benzene rings is 1. The number of nitrogens with zero attached hydrogens (tertiary/aromatic N) is 5. The molecule has 10 nitrogen and oxygen atoms in total. The van der Waals surface area contributed by atoms with Crippen molar-refractivity contribution in [2.24, 2.45) is 0 Å². The van der Waals surface area contributed by atoms with Crippen LogP contribution in [0.15, 0.2) is 36.7 Å². The van der Waals surface area contributed by atoms with Crippen molar-refractivity contribution >= 4 is 39.5 Å². The molecule has 0 radical (unpaired) electrons. The van der Waals surface area contributed by atoms with Crippen molar-refractivity contribution in [2.75, 3.05) is 19.8 Å². The summed E-state index contributed by atoms with van der Waals surface area (Å²) in [5.74, 6) is -2.40. The summed E-state index contributed by atoms with van der Waals surface area (Å²) in [7, 11) is 3.43. The number of amides is 1. The molecule has 1 aromatic carbocycles. The van der Waals surface area contributed by atoms with Crippen LogP contribution >= 0.6 is 0 Å². The van der Waals surface area contributed by atoms with Gasteiger partial charge < -0.3 is 15.7 Å². The van der Waals surface area contributed by atoms with E-state index in [4.69, 9.17) is 15.6 Å². The molecule has 0 aliphatic heterocycles. The molecule has 3 heterocycles. The summed E-state index contributed by atoms with van der Waals surface area (Å²) < 4.78 is 33.3. The average molecular weight is 449 g/mol. The van der Waals surface area contributed by atoms with Crippen molar-refractivity contribution in [3.63, 3.8) is 0 Å². The monoisotopic (exact) mass is 449 g/mol. The lowest BCUT2D eigenvalue weighted by atomic mass is 10.1. The Bertz CT molecular complexity index is 1280. The van der Waals surface area contributed by atoms with E-state index in [-0.39, 0.29) is 12.5 Å². The highest BCUT2D eigenvalue weighted by atomic mass is 19.4. The van der Waals surface area contributed by atoms with Crippen LogP contribution in [0.4, 0.5) is 19.0 Å². The third-order valence-corrected chi connectivity index (χ3v) is 4.38. The fraction of sp³-hybridized carbons (Fsp3) is 0.211. The maximum Gasteiger partial charge on any atom is 0.490 e. The van der Waals surface area contributed by atoms with Gasteiger partial charge in [0.25, 0.3) is 0 Å². The van der Waals surface area contributed by atoms with Gasteiger partial charge in [0.1, 0.15) is 17.9 Å². The molecule has 13 heteroatoms. The van der Waals surface area contributed by atoms with E-state index in [1.165, 1.54) is 4.90 Å². The lowest BCUT2D eigenvalue weighted by molar-refractivity contribution is -0.192. The zero-order valence-electron chi connectivity index (χ0n) is 16.9. The quantitative estimate of drug-likeness (QED) is 0.435. The van der Waals surface area contributed by atoms with Crippen LogP contribution in [0.1, 0.15) is 0 Å². The number of hydrogen-bond donors (Lipinski definition) is 3. The zero-order chi connectivity index (χ0) is 23.6. The lowest BCUT2D eigenvalue weighted by Crippen LogP contribution is -2.26. The Hall–Kier alpha value is -4.16. The van der Waals surface area contributed by atoms with E-state index in [0.29, 0.717) is 5.82 Å². The standard InChI is InChI=1S/C17H17N7O.C2HF3O2/c1-23(2)15(25)9-24-8-12-16(22-24)11-4-3-10(13-5-6-19-21-13)7-14(11)20-17(12)18;3-2(4,5)1(6)7/h3-8H,9H2,1-2H3,(H2,18,20)(H,19,21);(H,6,7). The van der Waals surface area contributed by atoms with Crippen LogP contribution in [0.5, 0.6) is 0 Å². The van der Waals surface area contributed by atoms with Crippen molar-refractivity contribution in [2.45, 2.75) is 12.7 Å². The van der Waals surface area contributed by atoms with Gasteiger partial charge in [0.2, 0.25) is 5.91 Å². The van der Waals surface area contributed by atoms with Crippen molar-refractivity contribution in [3.8, 4) is 11.3 Å². The van der Waals surface area contributed by atoms with Crippen molar-refractivity contribution < 1.29 is 27.9 Å². The third kappa shape index (κ3) is 4.77. The Morgan fingerprint density at radius 3 is 2.47 bits per heavy atom. The van der Waals surface area contributed by atoms with E-state index in [2.05, 4.69) is 20.3 Å². The van der Waals surface area contributed by atoms with E-state index < -0.39 is 12.1 Å². The van der Waals surface area contributed by atoms with Crippen molar-refractivity contribution in [1.29, 1.82) is 0 Å². The Balaban J connectivity index is 0.000000360. The number of aliphatic carboxylic acids is 1. The molecular weight excluding hydrogens is 431 g/mol. The number of pyridine rings is 1. The number of aromatic amines is 1. The summed E-state index contributed by atoms with van der Waals surface area (Å²) in [5.41, 5.74) is 9.48. The molecule has 0 saturated heterocycles. The molecule has 0 aliphatic carbocycles. The topological polar surface area (TPSA) is 143 Å². The number of hydrogen-bond acceptors (Lipinski definition) is 6. The number of nitrogens with two attached hydrogens (primary N) is 1. The number of carbonyl (C=O) groups is 2. The van der Waals surface area contributed by atoms with Crippen molar-refractivity contribution in [3.05, 3.63) is 36.7 Å². The summed E-state index contributed by atoms with van der Waals surface area (Å²) in [6.07, 6.45) is -1.62. The highest BCUT2D eigenvalue weighted by Gasteiger charge is 2.38. The van der Waals surface area contributed by atoms with Gasteiger partial charge in [-0.05, 0) is 18.2 Å². The fourth-order valence-corrected chi connectivity index (χ4v) is 2.77. The summed E-state index contributed by atoms with van der Waals surface area (Å²) >= 11 is 0. The minimum Gasteiger partial charge on any atom is -0.475 e. The van der Waals surface area contributed by atoms with E-state index >= 15 is 0 Å². The maximum absolute atomic E-state index is 11.9. The fourth-order valence-electron chi connectivity index (χ4n) is 2.77. The predicted molar refractivity (Wildman–Crippen MR) is 109 cm³/mol. The van der Waals surface area contributed by atoms with Gasteiger partial charge in [-0.2, -0.15) is 23.4 Å². The molecule has 0 spiro atoms. The van der Waals surface area contributed by atoms with Crippen LogP contribution in [0, 0.1) is 0 Å². The number of halogens is 3. The van der Waals surface area contributed by atoms with Crippen LogP contribution in [0.2, 0.25) is 0 Å². The molecule has 32 heavy (non-hydrogen) atoms. The van der Waals surface area contributed by atoms with Gasteiger partial charge in [0.05, 0.1) is 16.6 Å². The van der Waals surface area contributed by atoms with Gasteiger partial charge in [-0.1, -0.05) is 6.07 Å². The second-order valence-electron chi connectivity index (χ2n) is 6.88. The number of aromatic nitrogens is 5. The molecular formula is C19H18F3N7O3. The first-order chi connectivity index (χ1) is 15.0. The van der Waals surface area contributed by atoms with Gasteiger partial charge >= 0.3 is 12.1 Å². The summed E-state index contributed by atoms with van der Waals surface area (Å²) in [4.78, 5) is 26.8. The van der Waals surface area contributed by atoms with Crippen LogP contribution in [-0.2, 0) is 16.1 Å². The number of likely N-dealkylation sites (N-methyl/N-ethyl adjacent to an activating group) is 1. The average Bonchev–Trinajstić information content (AvgIpc) is 3.37. The zero-order valence-corrected chi connectivity index (χ0v) is 16.9. The third-order valence-electron chi connectivity index (χ3n) is 4.38. The van der Waals surface area contributed by atoms with Gasteiger partial charge in [-0.3, -0.25) is 14.6 Å². The van der Waals surface area contributed by atoms with Gasteiger partial charge in [-0.25, -0.2) is 9.78 Å². The summed E-state index contributed by atoms with van der Waals surface area (Å²) in [6.45, 7) is 0.162. The number of nitrogens with one attached hydrogen (secondary N) is 1. The lowest BCUT2D eigenvalue weighted by Gasteiger charge is -2.09. The van der Waals surface area contributed by atoms with E-state index in [0.717, 1.165) is 33.1 Å². The SMILES string of the molecule is CN(C)C(=O)Cn1cc2c(N)nc3cc(-c4ccn[nH]4)ccc3c2n1.O=C(O)C(F)(F)F. The second-order valence-corrected chi connectivity index (χ2v) is 6.88. The number of carboxylic acids is 1. The first-order valence-corrected chi connectivity index (χ1v) is 9.03. The molecule has 0 aliphatic rings. The normalized spacial score (nSPS) is 11.3. The molecule has 168 valence electrons. The molecule has 0 atom stereocenters. The molecule has 0 unspecified atom stereocenters. The first kappa shape index (κ1) is 22.5. The van der Waals surface area contributed by atoms with Crippen molar-refractivity contribution in [1.82, 2.24) is 29.9 Å². The van der Waals surface area contributed by atoms with Gasteiger partial charge in [0, 0.05) is 37.4 Å². The highest BCUT2D eigenvalue weighted by Crippen LogP contribution is 2.29. The predicted octanol–water partition coefficient (Wildman–Crippen LogP) is 2.28. The molecule has 4 N–H and O–H groups in total. The minimum atomic E-state index is -5.08. The Kier molecular flexibility index (Phi) is 6.00. The largest absolute Gasteiger partial charge is 0.490 e. The smallest absolute Gasteiger partial charge is 0.475 e. The molecule has 3 aromatic heterocycles. The Morgan fingerprint density at radius 1 is 1.22 bits per heavy atom. The number of rotatable bonds is 3. The minimum absolute atomic E-state index is 0.0369. The van der Waals surface area contributed by atoms with E-state index in [1.807, 2.05) is 24.3 Å². The summed E-state index contributed by atoms with van der Waals surface area (Å²) in [6, 6.07) is 7.79. The Morgan fingerprint density at radius 2 is 1.91 bits per heavy atom. The maximum atomic E-state index is 11.9. The number of H-pyrrole nitrogens is 1. The van der Waals surface area contributed by atoms with Crippen LogP contribution < -0.4 is 5.73 Å². The van der Waals surface area contributed by atoms with Crippen LogP contribution in [0.25, 0.3) is 33.1 Å². The van der Waals surface area contributed by atoms with E-state index in [1.54, 1.807) is 31.2 Å². The second kappa shape index (κ2) is 8.53. The molecule has 4 aromatic rings. The van der Waals surface area contributed by atoms with Gasteiger partial charge in [0.15, 0.2) is 0 Å². The molecule has 1 amide bonds. The number of anilines is 1. The number of fused-ring (bicyclic) bond motifs is 3. The van der Waals surface area contributed by atoms with E-state index in [9.17, 15) is 18.0 Å². The molecule has 0 saturated carbocycles. The number of nitrogen functional groups attached to an aromatic ring is 1. The summed E-state index contributed by atoms with van der Waals surface area (Å²) in [5, 5.41) is 20.2. The Labute approximate surface area is 178 Å². The number of carbonyl (C=O) groups excluding carboxylic acids is 1. The van der Waals surface area contributed by atoms with Crippen LogP contribution in [-0.4, -0.2) is 67.1 Å². The number of alkyl halides is 3. The first-order valence-electron chi connectivity index (χ1n) is 9.03.